The lowest BCUT2D eigenvalue weighted by Crippen LogP contribution is -2.36. The first-order chi connectivity index (χ1) is 15.6. The fourth-order valence-corrected chi connectivity index (χ4v) is 4.32. The Morgan fingerprint density at radius 2 is 1.94 bits per heavy atom. The number of ether oxygens (including phenoxy) is 2. The molecular weight excluding hydrogens is 424 g/mol. The number of rotatable bonds is 10. The maximum atomic E-state index is 13.1. The molecule has 0 fully saturated rings. The average molecular weight is 451 g/mol. The summed E-state index contributed by atoms with van der Waals surface area (Å²) in [5.74, 6) is 1.35. The molecule has 32 heavy (non-hydrogen) atoms. The number of carbonyl (C=O) groups excluding carboxylic acids is 1. The average Bonchev–Trinajstić information content (AvgIpc) is 3.46. The number of carbonyl (C=O) groups is 1. The highest BCUT2D eigenvalue weighted by Gasteiger charge is 2.20. The number of hydrogen-bond acceptors (Lipinski definition) is 6. The van der Waals surface area contributed by atoms with Crippen LogP contribution in [0.2, 0.25) is 0 Å². The van der Waals surface area contributed by atoms with Crippen LogP contribution in [0.25, 0.3) is 10.2 Å². The maximum Gasteiger partial charge on any atom is 0.266 e. The van der Waals surface area contributed by atoms with Crippen molar-refractivity contribution in [2.24, 2.45) is 0 Å². The molecule has 0 spiro atoms. The van der Waals surface area contributed by atoms with Crippen LogP contribution in [0, 0.1) is 6.92 Å². The van der Waals surface area contributed by atoms with Crippen LogP contribution in [0.3, 0.4) is 0 Å². The molecule has 0 N–H and O–H groups in total. The molecule has 0 bridgehead atoms. The molecule has 0 radical (unpaired) electrons. The van der Waals surface area contributed by atoms with Gasteiger partial charge in [-0.3, -0.25) is 9.69 Å². The topological polar surface area (TPSA) is 69.5 Å². The van der Waals surface area contributed by atoms with E-state index in [0.29, 0.717) is 24.0 Å². The lowest BCUT2D eigenvalue weighted by Gasteiger charge is -2.20. The Bertz CT molecular complexity index is 1160. The van der Waals surface area contributed by atoms with E-state index in [1.54, 1.807) is 17.4 Å². The fraction of sp³-hybridized carbons (Fsp3) is 0.292. The first kappa shape index (κ1) is 21.8. The second-order valence-electron chi connectivity index (χ2n) is 7.36. The lowest BCUT2D eigenvalue weighted by atomic mass is 10.2. The molecule has 0 aliphatic heterocycles. The largest absolute Gasteiger partial charge is 0.494 e. The summed E-state index contributed by atoms with van der Waals surface area (Å²) in [6, 6.07) is 13.5. The zero-order valence-corrected chi connectivity index (χ0v) is 19.0. The second-order valence-corrected chi connectivity index (χ2v) is 8.37. The molecule has 7 nitrogen and oxygen atoms in total. The summed E-state index contributed by atoms with van der Waals surface area (Å²) in [5, 5.41) is 0.664. The molecule has 0 atom stereocenters. The van der Waals surface area contributed by atoms with Crippen molar-refractivity contribution in [3.8, 4) is 11.5 Å². The molecule has 0 unspecified atom stereocenters. The smallest absolute Gasteiger partial charge is 0.266 e. The summed E-state index contributed by atoms with van der Waals surface area (Å²) in [6.07, 6.45) is 6.22. The SMILES string of the molecule is CCOc1ccc2nc(N(CCCn3ccnc3)C(=O)COc3ccc(C)cc3)sc2c1. The van der Waals surface area contributed by atoms with Crippen molar-refractivity contribution in [1.82, 2.24) is 14.5 Å². The maximum absolute atomic E-state index is 13.1. The molecule has 4 aromatic rings. The van der Waals surface area contributed by atoms with E-state index in [4.69, 9.17) is 14.5 Å². The quantitative estimate of drug-likeness (QED) is 0.350. The number of amides is 1. The Morgan fingerprint density at radius 1 is 1.12 bits per heavy atom. The van der Waals surface area contributed by atoms with Gasteiger partial charge in [-0.15, -0.1) is 0 Å². The molecule has 2 aromatic carbocycles. The van der Waals surface area contributed by atoms with Crippen LogP contribution in [-0.2, 0) is 11.3 Å². The minimum Gasteiger partial charge on any atom is -0.494 e. The molecule has 4 rings (SSSR count). The highest BCUT2D eigenvalue weighted by molar-refractivity contribution is 7.22. The van der Waals surface area contributed by atoms with Gasteiger partial charge in [-0.05, 0) is 50.6 Å². The first-order valence-corrected chi connectivity index (χ1v) is 11.4. The number of fused-ring (bicyclic) bond motifs is 1. The van der Waals surface area contributed by atoms with Gasteiger partial charge in [0.25, 0.3) is 5.91 Å². The van der Waals surface area contributed by atoms with Gasteiger partial charge >= 0.3 is 0 Å². The number of thiazole rings is 1. The van der Waals surface area contributed by atoms with E-state index in [1.165, 1.54) is 11.3 Å². The Balaban J connectivity index is 1.51. The lowest BCUT2D eigenvalue weighted by molar-refractivity contribution is -0.120. The second kappa shape index (κ2) is 10.3. The normalized spacial score (nSPS) is 10.9. The number of hydrogen-bond donors (Lipinski definition) is 0. The Morgan fingerprint density at radius 3 is 2.69 bits per heavy atom. The third-order valence-corrected chi connectivity index (χ3v) is 5.97. The summed E-state index contributed by atoms with van der Waals surface area (Å²) < 4.78 is 14.3. The van der Waals surface area contributed by atoms with Gasteiger partial charge in [0.05, 0.1) is 23.2 Å². The minimum atomic E-state index is -0.125. The summed E-state index contributed by atoms with van der Waals surface area (Å²) in [5.41, 5.74) is 1.99. The van der Waals surface area contributed by atoms with Gasteiger partial charge in [-0.1, -0.05) is 29.0 Å². The molecule has 8 heteroatoms. The van der Waals surface area contributed by atoms with Crippen LogP contribution in [0.1, 0.15) is 18.9 Å². The fourth-order valence-electron chi connectivity index (χ4n) is 3.28. The predicted molar refractivity (Wildman–Crippen MR) is 127 cm³/mol. The molecule has 0 saturated heterocycles. The third-order valence-electron chi connectivity index (χ3n) is 4.93. The Hall–Kier alpha value is -3.39. The molecule has 2 aromatic heterocycles. The zero-order chi connectivity index (χ0) is 22.3. The number of anilines is 1. The van der Waals surface area contributed by atoms with Gasteiger partial charge in [0.2, 0.25) is 0 Å². The number of imidazole rings is 1. The molecule has 1 amide bonds. The highest BCUT2D eigenvalue weighted by atomic mass is 32.1. The monoisotopic (exact) mass is 450 g/mol. The van der Waals surface area contributed by atoms with Crippen LogP contribution < -0.4 is 14.4 Å². The van der Waals surface area contributed by atoms with Gasteiger partial charge in [0.1, 0.15) is 11.5 Å². The van der Waals surface area contributed by atoms with Crippen LogP contribution >= 0.6 is 11.3 Å². The van der Waals surface area contributed by atoms with Crippen molar-refractivity contribution >= 4 is 32.6 Å². The van der Waals surface area contributed by atoms with Crippen molar-refractivity contribution in [3.63, 3.8) is 0 Å². The Kier molecular flexibility index (Phi) is 7.01. The minimum absolute atomic E-state index is 0.0474. The molecule has 0 aliphatic rings. The van der Waals surface area contributed by atoms with Crippen molar-refractivity contribution in [1.29, 1.82) is 0 Å². The molecule has 0 aliphatic carbocycles. The van der Waals surface area contributed by atoms with Crippen molar-refractivity contribution in [2.75, 3.05) is 24.7 Å². The number of aryl methyl sites for hydroxylation is 2. The van der Waals surface area contributed by atoms with E-state index in [-0.39, 0.29) is 12.5 Å². The zero-order valence-electron chi connectivity index (χ0n) is 18.2. The van der Waals surface area contributed by atoms with Crippen LogP contribution in [0.15, 0.2) is 61.2 Å². The standard InChI is InChI=1S/C24H26N4O3S/c1-3-30-20-9-10-21-22(15-20)32-24(26-21)28(13-4-12-27-14-11-25-17-27)23(29)16-31-19-7-5-18(2)6-8-19/h5-11,14-15,17H,3-4,12-13,16H2,1-2H3. The molecular formula is C24H26N4O3S. The van der Waals surface area contributed by atoms with Crippen LogP contribution in [0.5, 0.6) is 11.5 Å². The summed E-state index contributed by atoms with van der Waals surface area (Å²) in [6.45, 7) is 5.83. The van der Waals surface area contributed by atoms with Gasteiger partial charge < -0.3 is 14.0 Å². The van der Waals surface area contributed by atoms with Gasteiger partial charge in [-0.25, -0.2) is 9.97 Å². The van der Waals surface area contributed by atoms with Gasteiger partial charge in [0, 0.05) is 25.5 Å². The first-order valence-electron chi connectivity index (χ1n) is 10.6. The summed E-state index contributed by atoms with van der Waals surface area (Å²) in [7, 11) is 0. The van der Waals surface area contributed by atoms with Crippen LogP contribution in [0.4, 0.5) is 5.13 Å². The molecule has 166 valence electrons. The highest BCUT2D eigenvalue weighted by Crippen LogP contribution is 2.32. The van der Waals surface area contributed by atoms with E-state index < -0.39 is 0 Å². The van der Waals surface area contributed by atoms with E-state index in [9.17, 15) is 4.79 Å². The van der Waals surface area contributed by atoms with E-state index in [0.717, 1.165) is 34.5 Å². The van der Waals surface area contributed by atoms with Gasteiger partial charge in [0.15, 0.2) is 11.7 Å². The van der Waals surface area contributed by atoms with E-state index >= 15 is 0 Å². The molecule has 2 heterocycles. The number of nitrogens with zero attached hydrogens (tertiary/aromatic N) is 4. The van der Waals surface area contributed by atoms with Crippen LogP contribution in [-0.4, -0.2) is 40.2 Å². The third kappa shape index (κ3) is 5.45. The number of benzene rings is 2. The van der Waals surface area contributed by atoms with Crippen molar-refractivity contribution in [2.45, 2.75) is 26.8 Å². The van der Waals surface area contributed by atoms with Crippen molar-refractivity contribution < 1.29 is 14.3 Å². The van der Waals surface area contributed by atoms with E-state index in [1.807, 2.05) is 67.1 Å². The van der Waals surface area contributed by atoms with E-state index in [2.05, 4.69) is 4.98 Å². The van der Waals surface area contributed by atoms with Crippen molar-refractivity contribution in [3.05, 3.63) is 66.7 Å². The molecule has 0 saturated carbocycles. The predicted octanol–water partition coefficient (Wildman–Crippen LogP) is 4.70. The van der Waals surface area contributed by atoms with Gasteiger partial charge in [-0.2, -0.15) is 0 Å². The Labute approximate surface area is 191 Å². The number of aromatic nitrogens is 3. The summed E-state index contributed by atoms with van der Waals surface area (Å²) in [4.78, 5) is 23.7. The summed E-state index contributed by atoms with van der Waals surface area (Å²) >= 11 is 1.48.